The number of esters is 1. The summed E-state index contributed by atoms with van der Waals surface area (Å²) in [6.45, 7) is 15.8. The minimum Gasteiger partial charge on any atom is -0.481 e. The molecule has 2 fully saturated rings. The average molecular weight is 581 g/mol. The number of aliphatic carboxylic acids is 1. The molecule has 6 rings (SSSR count). The smallest absolute Gasteiger partial charge is 0.307 e. The highest BCUT2D eigenvalue weighted by atomic mass is 16.6. The number of carboxylic acid groups (broad SMARTS) is 1. The zero-order valence-corrected chi connectivity index (χ0v) is 24.8. The van der Waals surface area contributed by atoms with E-state index in [9.17, 15) is 19.8 Å². The SMILES string of the molecule is C=Cc1c2[nH]c(c1C)/C=c1/[nH]/c(c(C)c1C=C)=C\c1[nH]c(c(CCC(=O)O)c1C)/C=C1\N/C(=C\2)[C@](C)(O)[C@@]12CCC(=O)O2. The van der Waals surface area contributed by atoms with Gasteiger partial charge in [-0.2, -0.15) is 0 Å². The zero-order chi connectivity index (χ0) is 30.8. The molecule has 2 saturated heterocycles. The molecular weight excluding hydrogens is 544 g/mol. The van der Waals surface area contributed by atoms with Gasteiger partial charge < -0.3 is 35.2 Å². The molecule has 2 atom stereocenters. The maximum absolute atomic E-state index is 12.6. The van der Waals surface area contributed by atoms with Gasteiger partial charge in [-0.1, -0.05) is 25.3 Å². The lowest BCUT2D eigenvalue weighted by Crippen LogP contribution is -2.49. The van der Waals surface area contributed by atoms with Crippen LogP contribution in [0.1, 0.15) is 82.3 Å². The number of H-pyrrole nitrogens is 3. The number of hydrogen-bond acceptors (Lipinski definition) is 5. The topological polar surface area (TPSA) is 143 Å². The third-order valence-electron chi connectivity index (χ3n) is 9.32. The van der Waals surface area contributed by atoms with Gasteiger partial charge in [-0.3, -0.25) is 9.59 Å². The van der Waals surface area contributed by atoms with Crippen LogP contribution in [-0.2, 0) is 20.7 Å². The Balaban J connectivity index is 1.71. The van der Waals surface area contributed by atoms with E-state index in [1.165, 1.54) is 0 Å². The predicted octanol–water partition coefficient (Wildman–Crippen LogP) is 3.68. The summed E-state index contributed by atoms with van der Waals surface area (Å²) in [7, 11) is 0. The molecule has 3 aromatic heterocycles. The fourth-order valence-corrected chi connectivity index (χ4v) is 6.71. The van der Waals surface area contributed by atoms with Gasteiger partial charge in [0.25, 0.3) is 0 Å². The molecule has 0 radical (unpaired) electrons. The number of aromatic amines is 3. The van der Waals surface area contributed by atoms with E-state index in [0.717, 1.165) is 61.2 Å². The molecule has 0 unspecified atom stereocenters. The van der Waals surface area contributed by atoms with Crippen LogP contribution in [-0.4, -0.2) is 48.3 Å². The van der Waals surface area contributed by atoms with Crippen LogP contribution >= 0.6 is 0 Å². The van der Waals surface area contributed by atoms with Gasteiger partial charge in [0, 0.05) is 63.9 Å². The number of carbonyl (C=O) groups is 2. The van der Waals surface area contributed by atoms with Gasteiger partial charge in [0.1, 0.15) is 5.60 Å². The van der Waals surface area contributed by atoms with Gasteiger partial charge in [-0.15, -0.1) is 0 Å². The van der Waals surface area contributed by atoms with Crippen molar-refractivity contribution < 1.29 is 24.5 Å². The van der Waals surface area contributed by atoms with Crippen LogP contribution in [0.4, 0.5) is 0 Å². The van der Waals surface area contributed by atoms with Gasteiger partial charge in [0.2, 0.25) is 0 Å². The van der Waals surface area contributed by atoms with Crippen molar-refractivity contribution >= 4 is 48.4 Å². The quantitative estimate of drug-likeness (QED) is 0.254. The molecule has 0 amide bonds. The van der Waals surface area contributed by atoms with E-state index in [-0.39, 0.29) is 19.3 Å². The van der Waals surface area contributed by atoms with E-state index >= 15 is 0 Å². The van der Waals surface area contributed by atoms with Crippen molar-refractivity contribution in [1.82, 2.24) is 20.3 Å². The summed E-state index contributed by atoms with van der Waals surface area (Å²) in [5, 5.41) is 26.8. The van der Waals surface area contributed by atoms with Crippen molar-refractivity contribution in [3.63, 3.8) is 0 Å². The van der Waals surface area contributed by atoms with Crippen molar-refractivity contribution in [2.45, 2.75) is 64.6 Å². The van der Waals surface area contributed by atoms with E-state index in [1.54, 1.807) is 13.0 Å². The molecule has 0 aliphatic carbocycles. The Morgan fingerprint density at radius 3 is 2.21 bits per heavy atom. The van der Waals surface area contributed by atoms with Crippen molar-refractivity contribution in [1.29, 1.82) is 0 Å². The average Bonchev–Trinajstić information content (AvgIpc) is 3.69. The molecule has 1 spiro atoms. The Bertz CT molecular complexity index is 1930. The highest BCUT2D eigenvalue weighted by Crippen LogP contribution is 2.50. The van der Waals surface area contributed by atoms with Crippen molar-refractivity contribution in [3.8, 4) is 0 Å². The number of ether oxygens (including phenoxy) is 1. The molecule has 222 valence electrons. The van der Waals surface area contributed by atoms with E-state index in [2.05, 4.69) is 33.4 Å². The van der Waals surface area contributed by atoms with Crippen molar-refractivity contribution in [2.24, 2.45) is 0 Å². The second kappa shape index (κ2) is 9.91. The molecule has 43 heavy (non-hydrogen) atoms. The Kier molecular flexibility index (Phi) is 6.54. The van der Waals surface area contributed by atoms with Gasteiger partial charge in [-0.05, 0) is 80.7 Å². The standard InChI is InChI=1S/C34H36N4O5/c1-7-20-17(3)23-13-24-19(5)22(9-10-31(39)40)28(37-24)16-30-34(12-11-32(41)43-34)33(6,42)29(38-30)15-27-21(8-2)18(4)25(36-27)14-26(20)35-23/h7-8,13-16,35-38,42H,1-2,9-12H2,3-6H3,(H,39,40)/b23-13-,26-14+,29-15-,30-16-/t33-,34+/m0/s1. The second-order valence-corrected chi connectivity index (χ2v) is 11.7. The molecule has 6 N–H and O–H groups in total. The van der Waals surface area contributed by atoms with Crippen LogP contribution in [0.3, 0.4) is 0 Å². The van der Waals surface area contributed by atoms with Crippen LogP contribution in [0, 0.1) is 20.8 Å². The second-order valence-electron chi connectivity index (χ2n) is 11.7. The molecular formula is C34H36N4O5. The summed E-state index contributed by atoms with van der Waals surface area (Å²) in [5.41, 5.74) is 6.78. The maximum atomic E-state index is 12.6. The third-order valence-corrected chi connectivity index (χ3v) is 9.32. The van der Waals surface area contributed by atoms with Crippen LogP contribution in [0.15, 0.2) is 24.6 Å². The summed E-state index contributed by atoms with van der Waals surface area (Å²) in [6.07, 6.45) is 12.0. The lowest BCUT2D eigenvalue weighted by atomic mass is 9.80. The van der Waals surface area contributed by atoms with Crippen LogP contribution in [0.5, 0.6) is 0 Å². The summed E-state index contributed by atoms with van der Waals surface area (Å²) in [5.74, 6) is -1.29. The summed E-state index contributed by atoms with van der Waals surface area (Å²) in [4.78, 5) is 34.7. The minimum absolute atomic E-state index is 0.0510. The summed E-state index contributed by atoms with van der Waals surface area (Å²) < 4.78 is 5.95. The fraction of sp³-hybridized carbons (Fsp3) is 0.294. The van der Waals surface area contributed by atoms with Crippen molar-refractivity contribution in [2.75, 3.05) is 0 Å². The molecule has 8 bridgehead atoms. The summed E-state index contributed by atoms with van der Waals surface area (Å²) in [6, 6.07) is 0. The van der Waals surface area contributed by atoms with Crippen LogP contribution in [0.2, 0.25) is 0 Å². The zero-order valence-electron chi connectivity index (χ0n) is 24.8. The lowest BCUT2D eigenvalue weighted by molar-refractivity contribution is -0.158. The Hall–Kier alpha value is -4.76. The summed E-state index contributed by atoms with van der Waals surface area (Å²) >= 11 is 0. The van der Waals surface area contributed by atoms with Gasteiger partial charge in [0.15, 0.2) is 5.60 Å². The first-order chi connectivity index (χ1) is 20.4. The molecule has 3 aromatic rings. The minimum atomic E-state index is -1.58. The molecule has 6 heterocycles. The van der Waals surface area contributed by atoms with Gasteiger partial charge >= 0.3 is 11.9 Å². The molecule has 0 aromatic carbocycles. The first kappa shape index (κ1) is 28.4. The molecule has 9 heteroatoms. The first-order valence-corrected chi connectivity index (χ1v) is 14.4. The Morgan fingerprint density at radius 1 is 0.907 bits per heavy atom. The molecule has 9 nitrogen and oxygen atoms in total. The van der Waals surface area contributed by atoms with Crippen LogP contribution < -0.4 is 16.0 Å². The molecule has 3 aliphatic rings. The van der Waals surface area contributed by atoms with E-state index in [0.29, 0.717) is 23.5 Å². The number of nitrogens with one attached hydrogen (secondary N) is 4. The Labute approximate surface area is 249 Å². The highest BCUT2D eigenvalue weighted by Gasteiger charge is 2.63. The largest absolute Gasteiger partial charge is 0.481 e. The normalized spacial score (nSPS) is 26.3. The van der Waals surface area contributed by atoms with Crippen LogP contribution in [0.25, 0.3) is 36.5 Å². The predicted molar refractivity (Wildman–Crippen MR) is 167 cm³/mol. The molecule has 0 saturated carbocycles. The number of aromatic nitrogens is 3. The monoisotopic (exact) mass is 580 g/mol. The maximum Gasteiger partial charge on any atom is 0.307 e. The highest BCUT2D eigenvalue weighted by molar-refractivity contribution is 5.79. The van der Waals surface area contributed by atoms with E-state index < -0.39 is 23.1 Å². The fourth-order valence-electron chi connectivity index (χ4n) is 6.71. The van der Waals surface area contributed by atoms with Crippen molar-refractivity contribution in [3.05, 3.63) is 91.4 Å². The van der Waals surface area contributed by atoms with Gasteiger partial charge in [0.05, 0.1) is 11.4 Å². The van der Waals surface area contributed by atoms with E-state index in [1.807, 2.05) is 51.2 Å². The van der Waals surface area contributed by atoms with Gasteiger partial charge in [-0.25, -0.2) is 0 Å². The number of rotatable bonds is 5. The Morgan fingerprint density at radius 2 is 1.56 bits per heavy atom. The number of carboxylic acids is 1. The third kappa shape index (κ3) is 4.26. The number of aliphatic hydroxyl groups is 1. The first-order valence-electron chi connectivity index (χ1n) is 14.4. The number of fused-ring (bicyclic) bond motifs is 9. The number of carbonyl (C=O) groups excluding carboxylic acids is 1. The van der Waals surface area contributed by atoms with E-state index in [4.69, 9.17) is 4.74 Å². The molecule has 3 aliphatic heterocycles. The lowest BCUT2D eigenvalue weighted by Gasteiger charge is -2.34. The number of hydrogen-bond donors (Lipinski definition) is 6.